The summed E-state index contributed by atoms with van der Waals surface area (Å²) in [6.45, 7) is 0. The fraction of sp³-hybridized carbons (Fsp3) is 0.200. The van der Waals surface area contributed by atoms with Gasteiger partial charge in [0.25, 0.3) is 0 Å². The SMILES string of the molecule is O=C1CCC(=O)Oc2c(ccc(O)c2O)O1. The summed E-state index contributed by atoms with van der Waals surface area (Å²) in [7, 11) is 0. The Hall–Kier alpha value is -2.24. The second-order valence-corrected chi connectivity index (χ2v) is 3.21. The molecule has 0 saturated heterocycles. The van der Waals surface area contributed by atoms with Crippen LogP contribution in [-0.4, -0.2) is 22.2 Å². The number of hydrogen-bond donors (Lipinski definition) is 2. The Morgan fingerprint density at radius 3 is 2.31 bits per heavy atom. The first-order valence-electron chi connectivity index (χ1n) is 4.54. The molecule has 0 fully saturated rings. The van der Waals surface area contributed by atoms with Gasteiger partial charge in [0, 0.05) is 0 Å². The lowest BCUT2D eigenvalue weighted by molar-refractivity contribution is -0.142. The van der Waals surface area contributed by atoms with Gasteiger partial charge < -0.3 is 19.7 Å². The van der Waals surface area contributed by atoms with Crippen LogP contribution >= 0.6 is 0 Å². The highest BCUT2D eigenvalue weighted by Crippen LogP contribution is 2.43. The number of aromatic hydroxyl groups is 2. The van der Waals surface area contributed by atoms with Crippen molar-refractivity contribution >= 4 is 11.9 Å². The molecule has 1 heterocycles. The standard InChI is InChI=1S/C10H8O6/c11-5-1-2-6-10(9(5)14)16-8(13)4-3-7(12)15-6/h1-2,11,14H,3-4H2. The van der Waals surface area contributed by atoms with Gasteiger partial charge in [-0.1, -0.05) is 0 Å². The minimum Gasteiger partial charge on any atom is -0.504 e. The van der Waals surface area contributed by atoms with Crippen molar-refractivity contribution in [2.24, 2.45) is 0 Å². The van der Waals surface area contributed by atoms with Gasteiger partial charge in [0.2, 0.25) is 11.5 Å². The Kier molecular flexibility index (Phi) is 2.40. The molecule has 0 amide bonds. The second kappa shape index (κ2) is 3.73. The lowest BCUT2D eigenvalue weighted by Crippen LogP contribution is -2.18. The van der Waals surface area contributed by atoms with Gasteiger partial charge in [-0.25, -0.2) is 0 Å². The van der Waals surface area contributed by atoms with Crippen LogP contribution in [0.2, 0.25) is 0 Å². The molecule has 0 unspecified atom stereocenters. The van der Waals surface area contributed by atoms with Crippen molar-refractivity contribution in [3.63, 3.8) is 0 Å². The molecule has 1 aliphatic heterocycles. The van der Waals surface area contributed by atoms with Crippen molar-refractivity contribution in [1.29, 1.82) is 0 Å². The summed E-state index contributed by atoms with van der Waals surface area (Å²) in [6.07, 6.45) is -0.215. The predicted molar refractivity (Wildman–Crippen MR) is 50.3 cm³/mol. The Labute approximate surface area is 90.0 Å². The summed E-state index contributed by atoms with van der Waals surface area (Å²) in [5.41, 5.74) is 0. The number of phenolic OH excluding ortho intramolecular Hbond substituents is 2. The molecule has 0 aliphatic carbocycles. The van der Waals surface area contributed by atoms with E-state index in [1.165, 1.54) is 6.07 Å². The van der Waals surface area contributed by atoms with Crippen LogP contribution in [0.25, 0.3) is 0 Å². The number of carbonyl (C=O) groups excluding carboxylic acids is 2. The highest BCUT2D eigenvalue weighted by molar-refractivity contribution is 5.84. The van der Waals surface area contributed by atoms with Gasteiger partial charge >= 0.3 is 11.9 Å². The summed E-state index contributed by atoms with van der Waals surface area (Å²) in [5.74, 6) is -2.77. The van der Waals surface area contributed by atoms with Crippen molar-refractivity contribution in [3.8, 4) is 23.0 Å². The van der Waals surface area contributed by atoms with Crippen molar-refractivity contribution in [3.05, 3.63) is 12.1 Å². The molecule has 0 saturated carbocycles. The maximum atomic E-state index is 11.2. The van der Waals surface area contributed by atoms with E-state index in [1.807, 2.05) is 0 Å². The van der Waals surface area contributed by atoms with Crippen molar-refractivity contribution in [1.82, 2.24) is 0 Å². The van der Waals surface area contributed by atoms with E-state index in [0.29, 0.717) is 0 Å². The quantitative estimate of drug-likeness (QED) is 0.383. The molecule has 1 aliphatic rings. The second-order valence-electron chi connectivity index (χ2n) is 3.21. The number of phenols is 2. The average Bonchev–Trinajstić information content (AvgIpc) is 2.24. The number of rotatable bonds is 0. The van der Waals surface area contributed by atoms with Crippen LogP contribution in [0.5, 0.6) is 23.0 Å². The highest BCUT2D eigenvalue weighted by Gasteiger charge is 2.23. The van der Waals surface area contributed by atoms with Crippen LogP contribution in [-0.2, 0) is 9.59 Å². The Morgan fingerprint density at radius 2 is 1.62 bits per heavy atom. The van der Waals surface area contributed by atoms with Gasteiger partial charge in [0.1, 0.15) is 0 Å². The molecule has 1 aromatic carbocycles. The molecule has 0 atom stereocenters. The third kappa shape index (κ3) is 1.77. The molecule has 0 radical (unpaired) electrons. The summed E-state index contributed by atoms with van der Waals surface area (Å²) in [5, 5.41) is 18.7. The van der Waals surface area contributed by atoms with Gasteiger partial charge in [-0.05, 0) is 12.1 Å². The fourth-order valence-electron chi connectivity index (χ4n) is 1.26. The van der Waals surface area contributed by atoms with Crippen LogP contribution in [0, 0.1) is 0 Å². The van der Waals surface area contributed by atoms with Gasteiger partial charge in [0.15, 0.2) is 11.5 Å². The Morgan fingerprint density at radius 1 is 1.00 bits per heavy atom. The molecule has 6 nitrogen and oxygen atoms in total. The lowest BCUT2D eigenvalue weighted by atomic mass is 10.2. The van der Waals surface area contributed by atoms with Crippen molar-refractivity contribution in [2.75, 3.05) is 0 Å². The number of fused-ring (bicyclic) bond motifs is 1. The highest BCUT2D eigenvalue weighted by atomic mass is 16.6. The van der Waals surface area contributed by atoms with Crippen LogP contribution in [0.15, 0.2) is 12.1 Å². The predicted octanol–water partition coefficient (Wildman–Crippen LogP) is 0.702. The molecule has 16 heavy (non-hydrogen) atoms. The van der Waals surface area contributed by atoms with Gasteiger partial charge in [0.05, 0.1) is 12.8 Å². The monoisotopic (exact) mass is 224 g/mol. The lowest BCUT2D eigenvalue weighted by Gasteiger charge is -2.14. The van der Waals surface area contributed by atoms with Crippen LogP contribution in [0.3, 0.4) is 0 Å². The zero-order valence-corrected chi connectivity index (χ0v) is 8.10. The van der Waals surface area contributed by atoms with Gasteiger partial charge in [-0.2, -0.15) is 0 Å². The maximum absolute atomic E-state index is 11.2. The molecule has 1 aromatic rings. The minimum absolute atomic E-state index is 0.0834. The number of esters is 2. The molecule has 0 spiro atoms. The van der Waals surface area contributed by atoms with E-state index in [0.717, 1.165) is 6.07 Å². The number of hydrogen-bond acceptors (Lipinski definition) is 6. The summed E-state index contributed by atoms with van der Waals surface area (Å²) < 4.78 is 9.60. The average molecular weight is 224 g/mol. The van der Waals surface area contributed by atoms with E-state index in [2.05, 4.69) is 0 Å². The van der Waals surface area contributed by atoms with E-state index in [4.69, 9.17) is 9.47 Å². The van der Waals surface area contributed by atoms with Crippen LogP contribution in [0.1, 0.15) is 12.8 Å². The first-order valence-corrected chi connectivity index (χ1v) is 4.54. The molecular weight excluding hydrogens is 216 g/mol. The molecule has 0 bridgehead atoms. The first-order chi connectivity index (χ1) is 7.58. The fourth-order valence-corrected chi connectivity index (χ4v) is 1.26. The summed E-state index contributed by atoms with van der Waals surface area (Å²) in [6, 6.07) is 2.37. The van der Waals surface area contributed by atoms with Gasteiger partial charge in [-0.15, -0.1) is 0 Å². The van der Waals surface area contributed by atoms with E-state index >= 15 is 0 Å². The van der Waals surface area contributed by atoms with E-state index in [1.54, 1.807) is 0 Å². The first kappa shape index (κ1) is 10.3. The summed E-state index contributed by atoms with van der Waals surface area (Å²) in [4.78, 5) is 22.4. The molecule has 2 rings (SSSR count). The molecule has 84 valence electrons. The van der Waals surface area contributed by atoms with Crippen LogP contribution in [0.4, 0.5) is 0 Å². The Balaban J connectivity index is 2.51. The largest absolute Gasteiger partial charge is 0.504 e. The molecule has 2 N–H and O–H groups in total. The maximum Gasteiger partial charge on any atom is 0.312 e. The minimum atomic E-state index is -0.668. The van der Waals surface area contributed by atoms with E-state index in [-0.39, 0.29) is 24.3 Å². The van der Waals surface area contributed by atoms with Crippen molar-refractivity contribution in [2.45, 2.75) is 12.8 Å². The normalized spacial score (nSPS) is 15.5. The molecule has 6 heteroatoms. The molecule has 0 aromatic heterocycles. The zero-order chi connectivity index (χ0) is 11.7. The number of ether oxygens (including phenoxy) is 2. The Bertz CT molecular complexity index is 465. The van der Waals surface area contributed by atoms with Crippen LogP contribution < -0.4 is 9.47 Å². The zero-order valence-electron chi connectivity index (χ0n) is 8.10. The smallest absolute Gasteiger partial charge is 0.312 e. The third-order valence-corrected chi connectivity index (χ3v) is 2.05. The van der Waals surface area contributed by atoms with E-state index in [9.17, 15) is 19.8 Å². The van der Waals surface area contributed by atoms with Gasteiger partial charge in [-0.3, -0.25) is 9.59 Å². The molecular formula is C10H8O6. The van der Waals surface area contributed by atoms with Crippen molar-refractivity contribution < 1.29 is 29.3 Å². The third-order valence-electron chi connectivity index (χ3n) is 2.05. The summed E-state index contributed by atoms with van der Waals surface area (Å²) >= 11 is 0. The van der Waals surface area contributed by atoms with E-state index < -0.39 is 23.4 Å². The number of carbonyl (C=O) groups is 2. The number of benzene rings is 1. The topological polar surface area (TPSA) is 93.1 Å².